The minimum Gasteiger partial charge on any atom is -0.243 e. The van der Waals surface area contributed by atoms with E-state index in [-0.39, 0.29) is 0 Å². The second kappa shape index (κ2) is 7.95. The molecule has 0 spiro atoms. The van der Waals surface area contributed by atoms with Gasteiger partial charge in [-0.05, 0) is 66.9 Å². The number of nitrogens with zero attached hydrogens (tertiary/aromatic N) is 2. The Morgan fingerprint density at radius 3 is 1.24 bits per heavy atom. The third kappa shape index (κ3) is 3.17. The average molecular weight is 602 g/mol. The standard InChI is InChI=1S/C28H14Br2N2S2/c29-23-13-11-21(33-23)19-9-10-20(22-12-14-24(30)34-22)28-27(19)31-25-17-7-3-1-5-15(17)16-6-2-4-8-18(16)26(25)32-28/h1-14H. The Hall–Kier alpha value is -2.64. The molecule has 0 unspecified atom stereocenters. The predicted octanol–water partition coefficient (Wildman–Crippen LogP) is 10.1. The number of aromatic nitrogens is 2. The summed E-state index contributed by atoms with van der Waals surface area (Å²) in [5.41, 5.74) is 5.98. The Bertz CT molecular complexity index is 1760. The van der Waals surface area contributed by atoms with Gasteiger partial charge < -0.3 is 0 Å². The lowest BCUT2D eigenvalue weighted by Crippen LogP contribution is -1.94. The highest BCUT2D eigenvalue weighted by Crippen LogP contribution is 2.42. The predicted molar refractivity (Wildman–Crippen MR) is 154 cm³/mol. The van der Waals surface area contributed by atoms with Gasteiger partial charge in [-0.15, -0.1) is 22.7 Å². The zero-order valence-corrected chi connectivity index (χ0v) is 22.4. The summed E-state index contributed by atoms with van der Waals surface area (Å²) >= 11 is 10.7. The first-order chi connectivity index (χ1) is 16.7. The van der Waals surface area contributed by atoms with Gasteiger partial charge in [-0.3, -0.25) is 0 Å². The maximum absolute atomic E-state index is 5.36. The van der Waals surface area contributed by atoms with Crippen LogP contribution in [0.4, 0.5) is 0 Å². The minimum atomic E-state index is 0.935. The third-order valence-electron chi connectivity index (χ3n) is 6.15. The summed E-state index contributed by atoms with van der Waals surface area (Å²) in [6.45, 7) is 0. The molecule has 0 bridgehead atoms. The maximum atomic E-state index is 5.36. The first kappa shape index (κ1) is 20.7. The molecule has 162 valence electrons. The summed E-state index contributed by atoms with van der Waals surface area (Å²) in [7, 11) is 0. The van der Waals surface area contributed by atoms with Crippen molar-refractivity contribution in [3.63, 3.8) is 0 Å². The van der Waals surface area contributed by atoms with Gasteiger partial charge in [-0.1, -0.05) is 60.7 Å². The van der Waals surface area contributed by atoms with Crippen molar-refractivity contribution in [3.8, 4) is 20.9 Å². The summed E-state index contributed by atoms with van der Waals surface area (Å²) < 4.78 is 2.21. The zero-order valence-electron chi connectivity index (χ0n) is 17.5. The molecule has 0 fully saturated rings. The van der Waals surface area contributed by atoms with Gasteiger partial charge in [0, 0.05) is 31.7 Å². The second-order valence-electron chi connectivity index (χ2n) is 8.08. The topological polar surface area (TPSA) is 25.8 Å². The van der Waals surface area contributed by atoms with E-state index in [2.05, 4.69) is 117 Å². The fourth-order valence-corrected chi connectivity index (χ4v) is 7.50. The Morgan fingerprint density at radius 1 is 0.441 bits per heavy atom. The van der Waals surface area contributed by atoms with E-state index < -0.39 is 0 Å². The van der Waals surface area contributed by atoms with Crippen LogP contribution in [0.3, 0.4) is 0 Å². The summed E-state index contributed by atoms with van der Waals surface area (Å²) in [5.74, 6) is 0. The number of hydrogen-bond donors (Lipinski definition) is 0. The van der Waals surface area contributed by atoms with Crippen LogP contribution in [0.1, 0.15) is 0 Å². The van der Waals surface area contributed by atoms with Crippen LogP contribution >= 0.6 is 54.5 Å². The molecule has 0 aliphatic rings. The molecule has 0 atom stereocenters. The molecule has 6 heteroatoms. The van der Waals surface area contributed by atoms with Crippen molar-refractivity contribution in [1.82, 2.24) is 9.97 Å². The molecule has 34 heavy (non-hydrogen) atoms. The SMILES string of the molecule is Brc1ccc(-c2ccc(-c3ccc(Br)s3)c3nc4c5ccccc5c5ccccc5c4nc23)s1. The van der Waals surface area contributed by atoms with E-state index in [0.717, 1.165) is 51.5 Å². The van der Waals surface area contributed by atoms with Gasteiger partial charge in [0.05, 0.1) is 29.6 Å². The lowest BCUT2D eigenvalue weighted by molar-refractivity contribution is 1.42. The maximum Gasteiger partial charge on any atom is 0.0988 e. The van der Waals surface area contributed by atoms with Gasteiger partial charge in [0.1, 0.15) is 0 Å². The van der Waals surface area contributed by atoms with Crippen molar-refractivity contribution in [2.24, 2.45) is 0 Å². The van der Waals surface area contributed by atoms with Crippen molar-refractivity contribution in [1.29, 1.82) is 0 Å². The van der Waals surface area contributed by atoms with E-state index in [4.69, 9.17) is 9.97 Å². The van der Waals surface area contributed by atoms with Crippen molar-refractivity contribution in [3.05, 3.63) is 92.5 Å². The number of halogens is 2. The van der Waals surface area contributed by atoms with Crippen LogP contribution < -0.4 is 0 Å². The van der Waals surface area contributed by atoms with Gasteiger partial charge in [0.25, 0.3) is 0 Å². The molecule has 3 aromatic heterocycles. The smallest absolute Gasteiger partial charge is 0.0988 e. The van der Waals surface area contributed by atoms with Gasteiger partial charge >= 0.3 is 0 Å². The summed E-state index contributed by atoms with van der Waals surface area (Å²) in [5, 5.41) is 4.68. The normalized spacial score (nSPS) is 11.8. The molecule has 4 aromatic carbocycles. The minimum absolute atomic E-state index is 0.935. The van der Waals surface area contributed by atoms with Crippen molar-refractivity contribution in [2.75, 3.05) is 0 Å². The number of rotatable bonds is 2. The van der Waals surface area contributed by atoms with Crippen LogP contribution in [0, 0.1) is 0 Å². The summed E-state index contributed by atoms with van der Waals surface area (Å²) in [6, 6.07) is 29.9. The molecule has 0 N–H and O–H groups in total. The molecule has 7 rings (SSSR count). The van der Waals surface area contributed by atoms with Gasteiger partial charge in [-0.25, -0.2) is 9.97 Å². The Morgan fingerprint density at radius 2 is 0.853 bits per heavy atom. The van der Waals surface area contributed by atoms with Gasteiger partial charge in [0.15, 0.2) is 0 Å². The van der Waals surface area contributed by atoms with Crippen LogP contribution in [0.25, 0.3) is 64.5 Å². The molecule has 0 aliphatic carbocycles. The van der Waals surface area contributed by atoms with E-state index in [0.29, 0.717) is 0 Å². The first-order valence-corrected chi connectivity index (χ1v) is 13.9. The number of fused-ring (bicyclic) bond motifs is 7. The molecule has 0 radical (unpaired) electrons. The van der Waals surface area contributed by atoms with Crippen LogP contribution in [-0.4, -0.2) is 9.97 Å². The van der Waals surface area contributed by atoms with Crippen LogP contribution in [0.2, 0.25) is 0 Å². The van der Waals surface area contributed by atoms with Crippen molar-refractivity contribution in [2.45, 2.75) is 0 Å². The molecular weight excluding hydrogens is 588 g/mol. The molecule has 0 aliphatic heterocycles. The fraction of sp³-hybridized carbons (Fsp3) is 0. The first-order valence-electron chi connectivity index (χ1n) is 10.7. The van der Waals surface area contributed by atoms with Gasteiger partial charge in [0.2, 0.25) is 0 Å². The largest absolute Gasteiger partial charge is 0.243 e. The quantitative estimate of drug-likeness (QED) is 0.145. The van der Waals surface area contributed by atoms with E-state index in [1.807, 2.05) is 0 Å². The van der Waals surface area contributed by atoms with E-state index in [1.165, 1.54) is 20.5 Å². The number of thiophene rings is 2. The van der Waals surface area contributed by atoms with Crippen LogP contribution in [0.15, 0.2) is 92.5 Å². The van der Waals surface area contributed by atoms with Crippen molar-refractivity contribution < 1.29 is 0 Å². The summed E-state index contributed by atoms with van der Waals surface area (Å²) in [4.78, 5) is 13.1. The van der Waals surface area contributed by atoms with E-state index >= 15 is 0 Å². The Labute approximate surface area is 220 Å². The summed E-state index contributed by atoms with van der Waals surface area (Å²) in [6.07, 6.45) is 0. The monoisotopic (exact) mass is 600 g/mol. The lowest BCUT2D eigenvalue weighted by atomic mass is 9.98. The zero-order chi connectivity index (χ0) is 22.8. The molecule has 0 amide bonds. The highest BCUT2D eigenvalue weighted by molar-refractivity contribution is 9.11. The van der Waals surface area contributed by atoms with Crippen molar-refractivity contribution >= 4 is 98.1 Å². The molecule has 0 saturated heterocycles. The van der Waals surface area contributed by atoms with Crippen LogP contribution in [0.5, 0.6) is 0 Å². The average Bonchev–Trinajstić information content (AvgIpc) is 3.50. The highest BCUT2D eigenvalue weighted by Gasteiger charge is 2.18. The number of benzene rings is 4. The lowest BCUT2D eigenvalue weighted by Gasteiger charge is -2.13. The molecule has 0 saturated carbocycles. The highest BCUT2D eigenvalue weighted by atomic mass is 79.9. The molecule has 7 aromatic rings. The molecule has 2 nitrogen and oxygen atoms in total. The van der Waals surface area contributed by atoms with Crippen LogP contribution in [-0.2, 0) is 0 Å². The van der Waals surface area contributed by atoms with Gasteiger partial charge in [-0.2, -0.15) is 0 Å². The van der Waals surface area contributed by atoms with E-state index in [1.54, 1.807) is 22.7 Å². The fourth-order valence-electron chi connectivity index (χ4n) is 4.68. The third-order valence-corrected chi connectivity index (χ3v) is 9.47. The second-order valence-corrected chi connectivity index (χ2v) is 13.0. The Kier molecular flexibility index (Phi) is 4.84. The molecule has 3 heterocycles. The van der Waals surface area contributed by atoms with E-state index in [9.17, 15) is 0 Å². The number of hydrogen-bond acceptors (Lipinski definition) is 4. The Balaban J connectivity index is 1.70. The molecular formula is C28H14Br2N2S2.